The number of rotatable bonds is 15. The average molecular weight is 347 g/mol. The summed E-state index contributed by atoms with van der Waals surface area (Å²) in [5.74, 6) is 0. The fourth-order valence-electron chi connectivity index (χ4n) is 2.65. The number of unbranched alkanes of at least 4 members (excludes halogenated alkanes) is 13. The van der Waals surface area contributed by atoms with Crippen LogP contribution in [0.25, 0.3) is 0 Å². The zero-order valence-electron chi connectivity index (χ0n) is 16.7. The minimum absolute atomic E-state index is 0.767. The Labute approximate surface area is 153 Å². The zero-order valence-corrected chi connectivity index (χ0v) is 17.6. The molecule has 1 unspecified atom stereocenters. The smallest absolute Gasteiger partial charge is 0.104 e. The Morgan fingerprint density at radius 2 is 0.870 bits per heavy atom. The minimum atomic E-state index is -0.767. The molecule has 0 fully saturated rings. The van der Waals surface area contributed by atoms with Gasteiger partial charge >= 0.3 is 0 Å². The number of hydrogen-bond donors (Lipinski definition) is 2. The lowest BCUT2D eigenvalue weighted by molar-refractivity contribution is 0.146. The predicted octanol–water partition coefficient (Wildman–Crippen LogP) is 7.91. The topological polar surface area (TPSA) is 20.2 Å². The maximum Gasteiger partial charge on any atom is 0.104 e. The van der Waals surface area contributed by atoms with Gasteiger partial charge in [0.2, 0.25) is 0 Å². The molecule has 0 aromatic carbocycles. The van der Waals surface area contributed by atoms with Gasteiger partial charge in [0, 0.05) is 0 Å². The summed E-state index contributed by atoms with van der Waals surface area (Å²) in [6, 6.07) is 0. The van der Waals surface area contributed by atoms with Gasteiger partial charge in [0.25, 0.3) is 0 Å². The first-order valence-corrected chi connectivity index (χ1v) is 10.9. The predicted molar refractivity (Wildman–Crippen MR) is 111 cm³/mol. The Kier molecular flexibility index (Phi) is 22.6. The maximum absolute atomic E-state index is 9.47. The van der Waals surface area contributed by atoms with Crippen molar-refractivity contribution >= 4 is 12.6 Å². The van der Waals surface area contributed by atoms with E-state index in [0.717, 1.165) is 12.8 Å². The molecule has 0 rings (SSSR count). The molecule has 1 nitrogen and oxygen atoms in total. The van der Waals surface area contributed by atoms with Gasteiger partial charge in [-0.2, -0.15) is 0 Å². The van der Waals surface area contributed by atoms with Crippen LogP contribution < -0.4 is 0 Å². The van der Waals surface area contributed by atoms with Crippen molar-refractivity contribution in [1.82, 2.24) is 0 Å². The zero-order chi connectivity index (χ0) is 17.8. The van der Waals surface area contributed by atoms with Crippen LogP contribution in [-0.4, -0.2) is 10.0 Å². The van der Waals surface area contributed by atoms with Crippen molar-refractivity contribution in [3.8, 4) is 0 Å². The quantitative estimate of drug-likeness (QED) is 0.175. The van der Waals surface area contributed by atoms with Gasteiger partial charge in [-0.05, 0) is 19.8 Å². The van der Waals surface area contributed by atoms with Gasteiger partial charge in [0.1, 0.15) is 4.93 Å². The van der Waals surface area contributed by atoms with E-state index in [2.05, 4.69) is 33.4 Å². The van der Waals surface area contributed by atoms with E-state index < -0.39 is 4.93 Å². The van der Waals surface area contributed by atoms with Crippen LogP contribution in [0.1, 0.15) is 130 Å². The Morgan fingerprint density at radius 3 is 1.13 bits per heavy atom. The summed E-state index contributed by atoms with van der Waals surface area (Å²) in [7, 11) is 0. The molecule has 1 N–H and O–H groups in total. The monoisotopic (exact) mass is 346 g/mol. The van der Waals surface area contributed by atoms with Crippen molar-refractivity contribution in [3.05, 3.63) is 0 Å². The highest BCUT2D eigenvalue weighted by Gasteiger charge is 2.11. The van der Waals surface area contributed by atoms with Crippen LogP contribution >= 0.6 is 12.6 Å². The van der Waals surface area contributed by atoms with Gasteiger partial charge in [-0.3, -0.25) is 0 Å². The molecule has 0 saturated heterocycles. The summed E-state index contributed by atoms with van der Waals surface area (Å²) in [6.45, 7) is 8.30. The van der Waals surface area contributed by atoms with Crippen molar-refractivity contribution in [2.45, 2.75) is 135 Å². The first-order chi connectivity index (χ1) is 11.0. The van der Waals surface area contributed by atoms with Crippen molar-refractivity contribution in [1.29, 1.82) is 0 Å². The van der Waals surface area contributed by atoms with E-state index >= 15 is 0 Å². The number of hydrogen-bond acceptors (Lipinski definition) is 2. The van der Waals surface area contributed by atoms with Gasteiger partial charge in [0.05, 0.1) is 0 Å². The van der Waals surface area contributed by atoms with Crippen molar-refractivity contribution in [2.75, 3.05) is 0 Å². The molecule has 0 spiro atoms. The van der Waals surface area contributed by atoms with Gasteiger partial charge in [-0.25, -0.2) is 0 Å². The third-order valence-electron chi connectivity index (χ3n) is 4.00. The van der Waals surface area contributed by atoms with E-state index in [4.69, 9.17) is 0 Å². The van der Waals surface area contributed by atoms with Crippen LogP contribution in [0.4, 0.5) is 0 Å². The molecular formula is C21H46OS. The van der Waals surface area contributed by atoms with Crippen LogP contribution in [0.2, 0.25) is 0 Å². The van der Waals surface area contributed by atoms with E-state index in [1.165, 1.54) is 89.9 Å². The van der Waals surface area contributed by atoms with Gasteiger partial charge in [-0.1, -0.05) is 111 Å². The largest absolute Gasteiger partial charge is 0.380 e. The second-order valence-corrected chi connectivity index (χ2v) is 8.23. The summed E-state index contributed by atoms with van der Waals surface area (Å²) < 4.78 is 0. The molecule has 0 aromatic rings. The number of aliphatic hydroxyl groups is 1. The van der Waals surface area contributed by atoms with Crippen molar-refractivity contribution in [2.24, 2.45) is 0 Å². The molecule has 1 atom stereocenters. The molecule has 0 heterocycles. The second-order valence-electron chi connectivity index (χ2n) is 7.27. The van der Waals surface area contributed by atoms with Crippen LogP contribution in [0.5, 0.6) is 0 Å². The molecule has 0 aromatic heterocycles. The third kappa shape index (κ3) is 30.7. The Bertz CT molecular complexity index is 199. The molecule has 0 radical (unpaired) electrons. The summed E-state index contributed by atoms with van der Waals surface area (Å²) in [4.78, 5) is -0.767. The average Bonchev–Trinajstić information content (AvgIpc) is 2.47. The highest BCUT2D eigenvalue weighted by molar-refractivity contribution is 7.81. The fraction of sp³-hybridized carbons (Fsp3) is 1.00. The molecule has 0 aliphatic heterocycles. The van der Waals surface area contributed by atoms with Crippen LogP contribution in [0.3, 0.4) is 0 Å². The van der Waals surface area contributed by atoms with Crippen LogP contribution in [0, 0.1) is 0 Å². The normalized spacial score (nSPS) is 13.3. The first kappa shape index (κ1) is 25.5. The van der Waals surface area contributed by atoms with Gasteiger partial charge in [0.15, 0.2) is 0 Å². The summed E-state index contributed by atoms with van der Waals surface area (Å²) in [5, 5.41) is 9.47. The molecule has 0 aliphatic carbocycles. The van der Waals surface area contributed by atoms with E-state index in [1.54, 1.807) is 6.92 Å². The van der Waals surface area contributed by atoms with E-state index in [-0.39, 0.29) is 0 Å². The molecule has 0 amide bonds. The van der Waals surface area contributed by atoms with E-state index in [1.807, 2.05) is 0 Å². The summed E-state index contributed by atoms with van der Waals surface area (Å²) in [5.41, 5.74) is 0. The van der Waals surface area contributed by atoms with Gasteiger partial charge in [-0.15, -0.1) is 12.6 Å². The molecular weight excluding hydrogens is 300 g/mol. The molecule has 0 bridgehead atoms. The molecule has 142 valence electrons. The Balaban J connectivity index is 0. The van der Waals surface area contributed by atoms with Crippen molar-refractivity contribution in [3.63, 3.8) is 0 Å². The molecule has 23 heavy (non-hydrogen) atoms. The second kappa shape index (κ2) is 20.4. The lowest BCUT2D eigenvalue weighted by Crippen LogP contribution is -2.14. The number of thiol groups is 1. The van der Waals surface area contributed by atoms with E-state index in [9.17, 15) is 5.11 Å². The Morgan fingerprint density at radius 1 is 0.609 bits per heavy atom. The molecule has 2 heteroatoms. The first-order valence-electron chi connectivity index (χ1n) is 10.4. The van der Waals surface area contributed by atoms with Crippen molar-refractivity contribution < 1.29 is 5.11 Å². The van der Waals surface area contributed by atoms with E-state index in [0.29, 0.717) is 0 Å². The SMILES string of the molecule is CCC.CCCCCCCCCCCCCCCCC(C)(O)S. The third-order valence-corrected chi connectivity index (χ3v) is 4.23. The standard InChI is InChI=1S/C18H38OS.C3H8/c1-3-4-5-6-7-8-9-10-11-12-13-14-15-16-17-18(2,19)20;1-3-2/h19-20H,3-17H2,1-2H3;3H2,1-2H3. The molecule has 0 saturated carbocycles. The Hall–Kier alpha value is 0.310. The van der Waals surface area contributed by atoms with Crippen LogP contribution in [-0.2, 0) is 0 Å². The highest BCUT2D eigenvalue weighted by Crippen LogP contribution is 2.19. The van der Waals surface area contributed by atoms with Gasteiger partial charge < -0.3 is 5.11 Å². The highest BCUT2D eigenvalue weighted by atomic mass is 32.1. The fourth-order valence-corrected chi connectivity index (χ4v) is 2.81. The molecule has 0 aliphatic rings. The maximum atomic E-state index is 9.47. The minimum Gasteiger partial charge on any atom is -0.380 e. The van der Waals surface area contributed by atoms with Crippen LogP contribution in [0.15, 0.2) is 0 Å². The summed E-state index contributed by atoms with van der Waals surface area (Å²) in [6.07, 6.45) is 21.3. The summed E-state index contributed by atoms with van der Waals surface area (Å²) >= 11 is 4.13. The lowest BCUT2D eigenvalue weighted by atomic mass is 10.0. The lowest BCUT2D eigenvalue weighted by Gasteiger charge is -2.15.